The van der Waals surface area contributed by atoms with Crippen LogP contribution in [0, 0.1) is 5.92 Å². The normalized spacial score (nSPS) is 11.2. The van der Waals surface area contributed by atoms with E-state index in [0.29, 0.717) is 45.1 Å². The lowest BCUT2D eigenvalue weighted by Gasteiger charge is -2.26. The van der Waals surface area contributed by atoms with E-state index in [0.717, 1.165) is 35.7 Å². The lowest BCUT2D eigenvalue weighted by atomic mass is 10.00. The molecule has 0 N–H and O–H groups in total. The number of alkyl halides is 1. The van der Waals surface area contributed by atoms with Crippen LogP contribution in [0.1, 0.15) is 110 Å². The molecule has 0 unspecified atom stereocenters. The molecule has 0 spiro atoms. The molecule has 2 aromatic rings. The Labute approximate surface area is 284 Å². The van der Waals surface area contributed by atoms with E-state index in [-0.39, 0.29) is 18.5 Å². The summed E-state index contributed by atoms with van der Waals surface area (Å²) < 4.78 is 21.2. The molecule has 0 bridgehead atoms. The Kier molecular flexibility index (Phi) is 19.8. The van der Waals surface area contributed by atoms with Crippen LogP contribution in [0.25, 0.3) is 0 Å². The standard InChI is InChI=1S/C24H36O6.C13H17BrO2/c1-23(2,3)29-21(26)19(22(27)30-24(4,5)6)15-11-8-12-16-20(25)28-17-18-13-9-7-10-14-18;14-10-6-2-5-9-13(15)16-11-12-7-3-1-4-8-12/h7,9-10,13-14,19H,8,11-12,15-17H2,1-6H3;1,3-4,7-8H,2,5-6,9-11H2. The van der Waals surface area contributed by atoms with Gasteiger partial charge in [-0.25, -0.2) is 0 Å². The number of ether oxygens (including phenoxy) is 4. The van der Waals surface area contributed by atoms with Crippen molar-refractivity contribution in [3.63, 3.8) is 0 Å². The van der Waals surface area contributed by atoms with Crippen LogP contribution >= 0.6 is 15.9 Å². The molecule has 2 rings (SSSR count). The van der Waals surface area contributed by atoms with Gasteiger partial charge in [0, 0.05) is 18.2 Å². The highest BCUT2D eigenvalue weighted by atomic mass is 79.9. The molecule has 256 valence electrons. The highest BCUT2D eigenvalue weighted by Gasteiger charge is 2.34. The van der Waals surface area contributed by atoms with Crippen molar-refractivity contribution in [3.05, 3.63) is 71.8 Å². The van der Waals surface area contributed by atoms with E-state index in [9.17, 15) is 19.2 Å². The number of esters is 4. The fourth-order valence-corrected chi connectivity index (χ4v) is 4.43. The van der Waals surface area contributed by atoms with E-state index in [4.69, 9.17) is 18.9 Å². The summed E-state index contributed by atoms with van der Waals surface area (Å²) >= 11 is 3.36. The zero-order chi connectivity index (χ0) is 34.4. The number of benzene rings is 2. The molecule has 0 radical (unpaired) electrons. The van der Waals surface area contributed by atoms with Gasteiger partial charge in [0.05, 0.1) is 0 Å². The van der Waals surface area contributed by atoms with Crippen molar-refractivity contribution in [1.82, 2.24) is 0 Å². The predicted octanol–water partition coefficient (Wildman–Crippen LogP) is 8.67. The SMILES string of the molecule is CC(C)(C)OC(=O)C(CCCCCC(=O)OCc1ccccc1)C(=O)OC(C)(C)C.O=C(CCCCCBr)OCc1ccccc1. The fraction of sp³-hybridized carbons (Fsp3) is 0.568. The van der Waals surface area contributed by atoms with Gasteiger partial charge >= 0.3 is 23.9 Å². The van der Waals surface area contributed by atoms with Gasteiger partial charge < -0.3 is 18.9 Å². The Morgan fingerprint density at radius 2 is 0.978 bits per heavy atom. The second-order valence-electron chi connectivity index (χ2n) is 13.0. The first-order chi connectivity index (χ1) is 21.7. The summed E-state index contributed by atoms with van der Waals surface area (Å²) in [6.07, 6.45) is 6.19. The molecule has 46 heavy (non-hydrogen) atoms. The molecular weight excluding hydrogens is 652 g/mol. The molecule has 0 fully saturated rings. The third-order valence-corrected chi connectivity index (χ3v) is 6.82. The topological polar surface area (TPSA) is 105 Å². The Morgan fingerprint density at radius 3 is 1.35 bits per heavy atom. The van der Waals surface area contributed by atoms with Gasteiger partial charge in [-0.15, -0.1) is 0 Å². The summed E-state index contributed by atoms with van der Waals surface area (Å²) in [6.45, 7) is 11.2. The van der Waals surface area contributed by atoms with Crippen LogP contribution in [0.15, 0.2) is 60.7 Å². The smallest absolute Gasteiger partial charge is 0.320 e. The molecule has 0 saturated carbocycles. The largest absolute Gasteiger partial charge is 0.461 e. The molecule has 2 aromatic carbocycles. The summed E-state index contributed by atoms with van der Waals surface area (Å²) in [5.74, 6) is -2.46. The molecule has 0 aromatic heterocycles. The molecular formula is C37H53BrO8. The van der Waals surface area contributed by atoms with Crippen LogP contribution in [0.5, 0.6) is 0 Å². The number of unbranched alkanes of at least 4 members (excludes halogenated alkanes) is 4. The molecule has 0 saturated heterocycles. The lowest BCUT2D eigenvalue weighted by molar-refractivity contribution is -0.175. The van der Waals surface area contributed by atoms with E-state index in [1.807, 2.05) is 60.7 Å². The van der Waals surface area contributed by atoms with Crippen molar-refractivity contribution in [2.75, 3.05) is 5.33 Å². The van der Waals surface area contributed by atoms with Crippen molar-refractivity contribution < 1.29 is 38.1 Å². The van der Waals surface area contributed by atoms with E-state index in [2.05, 4.69) is 15.9 Å². The van der Waals surface area contributed by atoms with Crippen molar-refractivity contribution in [1.29, 1.82) is 0 Å². The Hall–Kier alpha value is -3.20. The number of hydrogen-bond donors (Lipinski definition) is 0. The maximum atomic E-state index is 12.5. The second-order valence-corrected chi connectivity index (χ2v) is 13.8. The zero-order valence-corrected chi connectivity index (χ0v) is 30.1. The van der Waals surface area contributed by atoms with Gasteiger partial charge in [0.1, 0.15) is 24.4 Å². The van der Waals surface area contributed by atoms with Gasteiger partial charge in [0.15, 0.2) is 5.92 Å². The van der Waals surface area contributed by atoms with Crippen LogP contribution < -0.4 is 0 Å². The molecule has 0 amide bonds. The number of carbonyl (C=O) groups is 4. The van der Waals surface area contributed by atoms with Crippen molar-refractivity contribution in [2.45, 2.75) is 124 Å². The zero-order valence-electron chi connectivity index (χ0n) is 28.5. The van der Waals surface area contributed by atoms with Crippen LogP contribution in [-0.2, 0) is 51.3 Å². The maximum absolute atomic E-state index is 12.5. The number of carbonyl (C=O) groups excluding carboxylic acids is 4. The first-order valence-corrected chi connectivity index (χ1v) is 17.2. The fourth-order valence-electron chi connectivity index (χ4n) is 4.03. The molecule has 0 atom stereocenters. The number of halogens is 1. The van der Waals surface area contributed by atoms with Gasteiger partial charge in [-0.05, 0) is 78.4 Å². The minimum atomic E-state index is -0.964. The molecule has 9 heteroatoms. The van der Waals surface area contributed by atoms with E-state index >= 15 is 0 Å². The highest BCUT2D eigenvalue weighted by Crippen LogP contribution is 2.21. The summed E-state index contributed by atoms with van der Waals surface area (Å²) in [5, 5.41) is 1.01. The summed E-state index contributed by atoms with van der Waals surface area (Å²) in [6, 6.07) is 19.3. The first kappa shape index (κ1) is 40.8. The molecule has 8 nitrogen and oxygen atoms in total. The van der Waals surface area contributed by atoms with Gasteiger partial charge in [-0.1, -0.05) is 95.9 Å². The van der Waals surface area contributed by atoms with Crippen molar-refractivity contribution in [2.24, 2.45) is 5.92 Å². The Balaban J connectivity index is 0.000000554. The van der Waals surface area contributed by atoms with Gasteiger partial charge in [0.25, 0.3) is 0 Å². The van der Waals surface area contributed by atoms with Crippen LogP contribution in [0.4, 0.5) is 0 Å². The van der Waals surface area contributed by atoms with Crippen LogP contribution in [0.2, 0.25) is 0 Å². The van der Waals surface area contributed by atoms with E-state index in [1.165, 1.54) is 0 Å². The Morgan fingerprint density at radius 1 is 0.587 bits per heavy atom. The third kappa shape index (κ3) is 21.5. The van der Waals surface area contributed by atoms with E-state index < -0.39 is 29.1 Å². The van der Waals surface area contributed by atoms with Gasteiger partial charge in [-0.2, -0.15) is 0 Å². The molecule has 0 aliphatic rings. The minimum Gasteiger partial charge on any atom is -0.461 e. The molecule has 0 aliphatic heterocycles. The summed E-state index contributed by atoms with van der Waals surface area (Å²) in [5.41, 5.74) is 0.624. The van der Waals surface area contributed by atoms with Crippen molar-refractivity contribution in [3.8, 4) is 0 Å². The number of hydrogen-bond acceptors (Lipinski definition) is 8. The quantitative estimate of drug-likeness (QED) is 0.0530. The van der Waals surface area contributed by atoms with Crippen LogP contribution in [-0.4, -0.2) is 40.4 Å². The second kappa shape index (κ2) is 22.3. The summed E-state index contributed by atoms with van der Waals surface area (Å²) in [4.78, 5) is 48.2. The van der Waals surface area contributed by atoms with E-state index in [1.54, 1.807) is 41.5 Å². The van der Waals surface area contributed by atoms with Gasteiger partial charge in [-0.3, -0.25) is 19.2 Å². The monoisotopic (exact) mass is 704 g/mol. The summed E-state index contributed by atoms with van der Waals surface area (Å²) in [7, 11) is 0. The molecule has 0 aliphatic carbocycles. The molecule has 0 heterocycles. The van der Waals surface area contributed by atoms with Crippen molar-refractivity contribution >= 4 is 39.8 Å². The van der Waals surface area contributed by atoms with Crippen LogP contribution in [0.3, 0.4) is 0 Å². The average molecular weight is 706 g/mol. The third-order valence-electron chi connectivity index (χ3n) is 6.26. The first-order valence-electron chi connectivity index (χ1n) is 16.1. The highest BCUT2D eigenvalue weighted by molar-refractivity contribution is 9.09. The predicted molar refractivity (Wildman–Crippen MR) is 183 cm³/mol. The average Bonchev–Trinajstić information content (AvgIpc) is 2.98. The van der Waals surface area contributed by atoms with Gasteiger partial charge in [0.2, 0.25) is 0 Å². The lowest BCUT2D eigenvalue weighted by Crippen LogP contribution is -2.36. The minimum absolute atomic E-state index is 0.0987. The Bertz CT molecular complexity index is 1130. The maximum Gasteiger partial charge on any atom is 0.320 e. The number of rotatable bonds is 17.